The topological polar surface area (TPSA) is 77.8 Å². The standard InChI is InChI=1S/C20H24ClNO4/c1-20(2,3)18(25)15-16(11-8-9-14(23)13(21)10-11)22(19(26)17(15)24)12-6-4-5-7-12/h8-10,12,16,23-24H,4-7H2,1-3H3. The number of phenolic OH excluding ortho intramolecular Hbond substituents is 1. The summed E-state index contributed by atoms with van der Waals surface area (Å²) in [5, 5.41) is 20.4. The number of aliphatic hydroxyl groups is 1. The molecular formula is C20H24ClNO4. The Morgan fingerprint density at radius 3 is 2.35 bits per heavy atom. The van der Waals surface area contributed by atoms with Gasteiger partial charge in [0, 0.05) is 11.5 Å². The second kappa shape index (κ2) is 6.62. The lowest BCUT2D eigenvalue weighted by Gasteiger charge is -2.33. The average molecular weight is 378 g/mol. The van der Waals surface area contributed by atoms with Crippen LogP contribution in [0.5, 0.6) is 5.75 Å². The van der Waals surface area contributed by atoms with E-state index >= 15 is 0 Å². The number of nitrogens with zero attached hydrogens (tertiary/aromatic N) is 1. The van der Waals surface area contributed by atoms with Gasteiger partial charge in [0.15, 0.2) is 11.5 Å². The molecule has 0 saturated heterocycles. The molecule has 1 unspecified atom stereocenters. The van der Waals surface area contributed by atoms with Crippen molar-refractivity contribution in [3.05, 3.63) is 40.1 Å². The third kappa shape index (κ3) is 3.09. The van der Waals surface area contributed by atoms with Crippen molar-refractivity contribution in [1.82, 2.24) is 4.90 Å². The Bertz CT molecular complexity index is 787. The lowest BCUT2D eigenvalue weighted by Crippen LogP contribution is -2.39. The summed E-state index contributed by atoms with van der Waals surface area (Å²) >= 11 is 6.07. The smallest absolute Gasteiger partial charge is 0.290 e. The van der Waals surface area contributed by atoms with Gasteiger partial charge in [-0.05, 0) is 30.5 Å². The van der Waals surface area contributed by atoms with Crippen LogP contribution in [0.4, 0.5) is 0 Å². The quantitative estimate of drug-likeness (QED) is 0.823. The molecule has 140 valence electrons. The van der Waals surface area contributed by atoms with Gasteiger partial charge < -0.3 is 15.1 Å². The molecule has 2 N–H and O–H groups in total. The van der Waals surface area contributed by atoms with Crippen molar-refractivity contribution < 1.29 is 19.8 Å². The minimum Gasteiger partial charge on any atom is -0.506 e. The lowest BCUT2D eigenvalue weighted by molar-refractivity contribution is -0.131. The highest BCUT2D eigenvalue weighted by Gasteiger charge is 2.48. The third-order valence-corrected chi connectivity index (χ3v) is 5.48. The van der Waals surface area contributed by atoms with Gasteiger partial charge in [-0.25, -0.2) is 0 Å². The number of aromatic hydroxyl groups is 1. The highest BCUT2D eigenvalue weighted by atomic mass is 35.5. The maximum absolute atomic E-state index is 13.0. The molecule has 2 aliphatic rings. The zero-order chi connectivity index (χ0) is 19.2. The number of benzene rings is 1. The number of Topliss-reactive ketones (excluding diaryl/α,β-unsaturated/α-hetero) is 1. The van der Waals surface area contributed by atoms with E-state index in [1.807, 2.05) is 0 Å². The summed E-state index contributed by atoms with van der Waals surface area (Å²) in [6.07, 6.45) is 3.72. The molecule has 1 aromatic rings. The van der Waals surface area contributed by atoms with E-state index in [1.165, 1.54) is 6.07 Å². The SMILES string of the molecule is CC(C)(C)C(=O)C1=C(O)C(=O)N(C2CCCC2)C1c1ccc(O)c(Cl)c1. The second-order valence-electron chi connectivity index (χ2n) is 8.11. The van der Waals surface area contributed by atoms with Crippen molar-refractivity contribution in [2.45, 2.75) is 58.5 Å². The molecule has 1 atom stereocenters. The summed E-state index contributed by atoms with van der Waals surface area (Å²) < 4.78 is 0. The minimum atomic E-state index is -0.742. The first-order valence-corrected chi connectivity index (χ1v) is 9.29. The summed E-state index contributed by atoms with van der Waals surface area (Å²) in [7, 11) is 0. The van der Waals surface area contributed by atoms with Gasteiger partial charge in [0.2, 0.25) is 0 Å². The fraction of sp³-hybridized carbons (Fsp3) is 0.500. The van der Waals surface area contributed by atoms with Gasteiger partial charge in [0.25, 0.3) is 5.91 Å². The Morgan fingerprint density at radius 2 is 1.81 bits per heavy atom. The Kier molecular flexibility index (Phi) is 4.78. The zero-order valence-corrected chi connectivity index (χ0v) is 16.0. The number of hydrogen-bond donors (Lipinski definition) is 2. The monoisotopic (exact) mass is 377 g/mol. The summed E-state index contributed by atoms with van der Waals surface area (Å²) in [5.74, 6) is -1.30. The first kappa shape index (κ1) is 18.8. The minimum absolute atomic E-state index is 0.0208. The van der Waals surface area contributed by atoms with E-state index in [9.17, 15) is 19.8 Å². The number of ketones is 1. The van der Waals surface area contributed by atoms with Crippen LogP contribution in [0.25, 0.3) is 0 Å². The van der Waals surface area contributed by atoms with Crippen LogP contribution >= 0.6 is 11.6 Å². The first-order chi connectivity index (χ1) is 12.1. The number of phenols is 1. The molecule has 1 amide bonds. The molecule has 1 aromatic carbocycles. The summed E-state index contributed by atoms with van der Waals surface area (Å²) in [4.78, 5) is 27.5. The van der Waals surface area contributed by atoms with Crippen molar-refractivity contribution >= 4 is 23.3 Å². The van der Waals surface area contributed by atoms with Gasteiger partial charge in [0.05, 0.1) is 16.6 Å². The van der Waals surface area contributed by atoms with Gasteiger partial charge in [-0.15, -0.1) is 0 Å². The van der Waals surface area contributed by atoms with E-state index in [2.05, 4.69) is 0 Å². The van der Waals surface area contributed by atoms with Gasteiger partial charge >= 0.3 is 0 Å². The van der Waals surface area contributed by atoms with Crippen LogP contribution in [-0.4, -0.2) is 32.8 Å². The molecule has 3 rings (SSSR count). The molecule has 1 saturated carbocycles. The number of amides is 1. The molecule has 0 spiro atoms. The van der Waals surface area contributed by atoms with Gasteiger partial charge in [-0.2, -0.15) is 0 Å². The van der Waals surface area contributed by atoms with E-state index in [0.717, 1.165) is 25.7 Å². The molecule has 1 fully saturated rings. The molecule has 0 aromatic heterocycles. The van der Waals surface area contributed by atoms with Crippen LogP contribution in [-0.2, 0) is 9.59 Å². The van der Waals surface area contributed by atoms with Crippen molar-refractivity contribution in [2.24, 2.45) is 5.41 Å². The van der Waals surface area contributed by atoms with Crippen LogP contribution in [0.3, 0.4) is 0 Å². The summed E-state index contributed by atoms with van der Waals surface area (Å²) in [6.45, 7) is 5.29. The van der Waals surface area contributed by atoms with Crippen molar-refractivity contribution in [1.29, 1.82) is 0 Å². The van der Waals surface area contributed by atoms with Crippen LogP contribution in [0, 0.1) is 5.41 Å². The van der Waals surface area contributed by atoms with Gasteiger partial charge in [-0.1, -0.05) is 51.3 Å². The summed E-state index contributed by atoms with van der Waals surface area (Å²) in [5.41, 5.74) is -0.00492. The van der Waals surface area contributed by atoms with E-state index in [4.69, 9.17) is 11.6 Å². The normalized spacial score (nSPS) is 21.8. The van der Waals surface area contributed by atoms with Crippen LogP contribution in [0.2, 0.25) is 5.02 Å². The van der Waals surface area contributed by atoms with E-state index < -0.39 is 23.1 Å². The Hall–Kier alpha value is -2.01. The molecule has 0 radical (unpaired) electrons. The molecule has 1 aliphatic heterocycles. The van der Waals surface area contributed by atoms with E-state index in [0.29, 0.717) is 5.56 Å². The molecule has 26 heavy (non-hydrogen) atoms. The zero-order valence-electron chi connectivity index (χ0n) is 15.3. The highest BCUT2D eigenvalue weighted by molar-refractivity contribution is 6.32. The number of carbonyl (C=O) groups is 2. The Labute approximate surface area is 158 Å². The first-order valence-electron chi connectivity index (χ1n) is 8.92. The fourth-order valence-electron chi connectivity index (χ4n) is 3.84. The molecule has 1 aliphatic carbocycles. The fourth-order valence-corrected chi connectivity index (χ4v) is 4.03. The van der Waals surface area contributed by atoms with Crippen molar-refractivity contribution in [3.8, 4) is 5.75 Å². The third-order valence-electron chi connectivity index (χ3n) is 5.18. The molecule has 1 heterocycles. The number of halogens is 1. The number of aliphatic hydroxyl groups excluding tert-OH is 1. The molecule has 6 heteroatoms. The predicted octanol–water partition coefficient (Wildman–Crippen LogP) is 4.30. The highest BCUT2D eigenvalue weighted by Crippen LogP contribution is 2.45. The predicted molar refractivity (Wildman–Crippen MR) is 99.1 cm³/mol. The second-order valence-corrected chi connectivity index (χ2v) is 8.51. The average Bonchev–Trinajstić information content (AvgIpc) is 3.16. The van der Waals surface area contributed by atoms with Crippen LogP contribution < -0.4 is 0 Å². The largest absolute Gasteiger partial charge is 0.506 e. The maximum atomic E-state index is 13.0. The van der Waals surface area contributed by atoms with E-state index in [-0.39, 0.29) is 28.2 Å². The number of hydrogen-bond acceptors (Lipinski definition) is 4. The maximum Gasteiger partial charge on any atom is 0.290 e. The lowest BCUT2D eigenvalue weighted by atomic mass is 9.82. The van der Waals surface area contributed by atoms with Crippen LogP contribution in [0.1, 0.15) is 58.1 Å². The van der Waals surface area contributed by atoms with Crippen molar-refractivity contribution in [2.75, 3.05) is 0 Å². The number of rotatable bonds is 3. The Balaban J connectivity index is 2.14. The van der Waals surface area contributed by atoms with E-state index in [1.54, 1.807) is 37.8 Å². The van der Waals surface area contributed by atoms with Gasteiger partial charge in [-0.3, -0.25) is 9.59 Å². The Morgan fingerprint density at radius 1 is 1.19 bits per heavy atom. The van der Waals surface area contributed by atoms with Crippen LogP contribution in [0.15, 0.2) is 29.5 Å². The molecule has 5 nitrogen and oxygen atoms in total. The molecular weight excluding hydrogens is 354 g/mol. The van der Waals surface area contributed by atoms with Crippen molar-refractivity contribution in [3.63, 3.8) is 0 Å². The van der Waals surface area contributed by atoms with Gasteiger partial charge in [0.1, 0.15) is 5.75 Å². The molecule has 0 bridgehead atoms. The number of carbonyl (C=O) groups excluding carboxylic acids is 2. The summed E-state index contributed by atoms with van der Waals surface area (Å²) in [6, 6.07) is 3.95.